The quantitative estimate of drug-likeness (QED) is 0.677. The molecule has 0 unspecified atom stereocenters. The van der Waals surface area contributed by atoms with Crippen LogP contribution in [0.4, 0.5) is 11.5 Å². The molecule has 2 aliphatic rings. The molecule has 1 saturated carbocycles. The van der Waals surface area contributed by atoms with Crippen LogP contribution in [0.1, 0.15) is 37.8 Å². The van der Waals surface area contributed by atoms with Crippen molar-refractivity contribution in [1.82, 2.24) is 9.55 Å². The average molecular weight is 439 g/mol. The van der Waals surface area contributed by atoms with E-state index < -0.39 is 0 Å². The highest BCUT2D eigenvalue weighted by atomic mass is 79.9. The number of nitrogens with zero attached hydrogens (tertiary/aromatic N) is 3. The van der Waals surface area contributed by atoms with Gasteiger partial charge in [0.25, 0.3) is 5.56 Å². The predicted molar refractivity (Wildman–Crippen MR) is 107 cm³/mol. The summed E-state index contributed by atoms with van der Waals surface area (Å²) in [6.07, 6.45) is 5.80. The summed E-state index contributed by atoms with van der Waals surface area (Å²) in [5.74, 6) is 1.78. The highest BCUT2D eigenvalue weighted by Crippen LogP contribution is 2.43. The first kappa shape index (κ1) is 17.9. The lowest BCUT2D eigenvalue weighted by molar-refractivity contribution is 0.414. The summed E-state index contributed by atoms with van der Waals surface area (Å²) in [4.78, 5) is 19.6. The lowest BCUT2D eigenvalue weighted by Crippen LogP contribution is -2.32. The van der Waals surface area contributed by atoms with Crippen LogP contribution in [0, 0.1) is 5.92 Å². The van der Waals surface area contributed by atoms with Gasteiger partial charge in [-0.05, 0) is 65.2 Å². The van der Waals surface area contributed by atoms with E-state index in [0.717, 1.165) is 34.3 Å². The summed E-state index contributed by atoms with van der Waals surface area (Å²) in [6, 6.07) is 4.13. The van der Waals surface area contributed by atoms with Crippen LogP contribution >= 0.6 is 27.5 Å². The van der Waals surface area contributed by atoms with Crippen LogP contribution in [0.2, 0.25) is 5.15 Å². The van der Waals surface area contributed by atoms with E-state index in [4.69, 9.17) is 16.3 Å². The Hall–Kier alpha value is -1.53. The van der Waals surface area contributed by atoms with Crippen molar-refractivity contribution in [2.45, 2.75) is 38.6 Å². The van der Waals surface area contributed by atoms with Crippen LogP contribution in [0.3, 0.4) is 0 Å². The average Bonchev–Trinajstić information content (AvgIpc) is 3.36. The zero-order chi connectivity index (χ0) is 18.4. The van der Waals surface area contributed by atoms with Crippen molar-refractivity contribution >= 4 is 39.0 Å². The molecule has 1 aromatic carbocycles. The number of benzene rings is 1. The Kier molecular flexibility index (Phi) is 4.73. The summed E-state index contributed by atoms with van der Waals surface area (Å²) in [7, 11) is 1.65. The molecule has 1 aliphatic carbocycles. The molecule has 0 spiro atoms. The Balaban J connectivity index is 1.81. The largest absolute Gasteiger partial charge is 0.497 e. The van der Waals surface area contributed by atoms with Gasteiger partial charge in [-0.25, -0.2) is 4.98 Å². The van der Waals surface area contributed by atoms with Gasteiger partial charge in [0.15, 0.2) is 0 Å². The molecule has 1 atom stereocenters. The Morgan fingerprint density at radius 2 is 2.19 bits per heavy atom. The van der Waals surface area contributed by atoms with Crippen LogP contribution in [0.5, 0.6) is 5.75 Å². The van der Waals surface area contributed by atoms with Crippen molar-refractivity contribution in [1.29, 1.82) is 0 Å². The van der Waals surface area contributed by atoms with E-state index in [9.17, 15) is 4.79 Å². The number of anilines is 2. The minimum atomic E-state index is -0.0660. The minimum Gasteiger partial charge on any atom is -0.497 e. The molecule has 1 fully saturated rings. The fourth-order valence-electron chi connectivity index (χ4n) is 3.92. The van der Waals surface area contributed by atoms with E-state index in [0.29, 0.717) is 23.4 Å². The number of aromatic nitrogens is 2. The topological polar surface area (TPSA) is 47.4 Å². The first-order chi connectivity index (χ1) is 12.5. The summed E-state index contributed by atoms with van der Waals surface area (Å²) in [6.45, 7) is 2.82. The number of methoxy groups -OCH3 is 1. The maximum atomic E-state index is 13.2. The molecule has 1 aliphatic heterocycles. The van der Waals surface area contributed by atoms with Gasteiger partial charge in [-0.1, -0.05) is 18.5 Å². The second-order valence-corrected chi connectivity index (χ2v) is 8.17. The first-order valence-electron chi connectivity index (χ1n) is 8.96. The number of hydrogen-bond acceptors (Lipinski definition) is 4. The van der Waals surface area contributed by atoms with E-state index in [1.807, 2.05) is 17.0 Å². The van der Waals surface area contributed by atoms with Gasteiger partial charge in [-0.3, -0.25) is 4.79 Å². The van der Waals surface area contributed by atoms with Crippen LogP contribution in [-0.4, -0.2) is 23.2 Å². The molecule has 138 valence electrons. The smallest absolute Gasteiger partial charge is 0.294 e. The van der Waals surface area contributed by atoms with Gasteiger partial charge in [-0.2, -0.15) is 0 Å². The Bertz CT molecular complexity index is 910. The second kappa shape index (κ2) is 6.89. The van der Waals surface area contributed by atoms with Gasteiger partial charge < -0.3 is 14.2 Å². The number of hydrogen-bond donors (Lipinski definition) is 0. The normalized spacial score (nSPS) is 17.3. The van der Waals surface area contributed by atoms with Gasteiger partial charge in [0.05, 0.1) is 12.8 Å². The summed E-state index contributed by atoms with van der Waals surface area (Å²) < 4.78 is 8.05. The van der Waals surface area contributed by atoms with Crippen LogP contribution in [0.25, 0.3) is 0 Å². The van der Waals surface area contributed by atoms with Crippen molar-refractivity contribution in [3.05, 3.63) is 43.9 Å². The molecule has 4 rings (SSSR count). The van der Waals surface area contributed by atoms with E-state index in [1.54, 1.807) is 17.9 Å². The molecule has 7 heteroatoms. The molecule has 0 saturated heterocycles. The number of rotatable bonds is 5. The monoisotopic (exact) mass is 437 g/mol. The lowest BCUT2D eigenvalue weighted by Gasteiger charge is -2.23. The van der Waals surface area contributed by atoms with Gasteiger partial charge in [0, 0.05) is 23.3 Å². The number of fused-ring (bicyclic) bond motifs is 1. The number of ether oxygens (including phenoxy) is 1. The van der Waals surface area contributed by atoms with E-state index in [-0.39, 0.29) is 11.6 Å². The first-order valence-corrected chi connectivity index (χ1v) is 10.1. The zero-order valence-electron chi connectivity index (χ0n) is 14.8. The van der Waals surface area contributed by atoms with E-state index in [1.165, 1.54) is 12.8 Å². The predicted octanol–water partition coefficient (Wildman–Crippen LogP) is 4.72. The Morgan fingerprint density at radius 3 is 2.85 bits per heavy atom. The third-order valence-corrected chi connectivity index (χ3v) is 6.09. The molecule has 5 nitrogen and oxygen atoms in total. The Labute approximate surface area is 166 Å². The van der Waals surface area contributed by atoms with Gasteiger partial charge in [-0.15, -0.1) is 0 Å². The van der Waals surface area contributed by atoms with Crippen molar-refractivity contribution in [2.24, 2.45) is 5.92 Å². The summed E-state index contributed by atoms with van der Waals surface area (Å²) in [5.41, 5.74) is 2.05. The van der Waals surface area contributed by atoms with Crippen molar-refractivity contribution in [2.75, 3.05) is 18.6 Å². The molecule has 1 aromatic heterocycles. The van der Waals surface area contributed by atoms with Gasteiger partial charge >= 0.3 is 0 Å². The lowest BCUT2D eigenvalue weighted by atomic mass is 10.1. The van der Waals surface area contributed by atoms with Crippen LogP contribution < -0.4 is 15.2 Å². The molecule has 0 amide bonds. The molecular formula is C19H21BrClN3O2. The van der Waals surface area contributed by atoms with E-state index in [2.05, 4.69) is 27.8 Å². The van der Waals surface area contributed by atoms with Crippen LogP contribution in [-0.2, 0) is 6.42 Å². The molecule has 0 bridgehead atoms. The molecule has 0 N–H and O–H groups in total. The second-order valence-electron chi connectivity index (χ2n) is 6.93. The fraction of sp³-hybridized carbons (Fsp3) is 0.474. The zero-order valence-corrected chi connectivity index (χ0v) is 17.2. The fourth-order valence-corrected chi connectivity index (χ4v) is 4.80. The van der Waals surface area contributed by atoms with Crippen LogP contribution in [0.15, 0.2) is 27.6 Å². The molecule has 26 heavy (non-hydrogen) atoms. The molecular weight excluding hydrogens is 418 g/mol. The maximum Gasteiger partial charge on any atom is 0.294 e. The third-order valence-electron chi connectivity index (χ3n) is 5.31. The van der Waals surface area contributed by atoms with Gasteiger partial charge in [0.1, 0.15) is 10.9 Å². The Morgan fingerprint density at radius 1 is 1.42 bits per heavy atom. The highest BCUT2D eigenvalue weighted by molar-refractivity contribution is 9.10. The van der Waals surface area contributed by atoms with Crippen molar-refractivity contribution in [3.63, 3.8) is 0 Å². The maximum absolute atomic E-state index is 13.2. The minimum absolute atomic E-state index is 0.0660. The van der Waals surface area contributed by atoms with E-state index >= 15 is 0 Å². The summed E-state index contributed by atoms with van der Waals surface area (Å²) >= 11 is 9.93. The third kappa shape index (κ3) is 3.03. The standard InChI is InChI=1S/C19H21BrClN3O2/c1-3-15(11-4-5-11)24-10-16(21)22-18(19(24)25)23-7-6-12-8-13(26-2)9-14(20)17(12)23/h8-11,15H,3-7H2,1-2H3/t15-/m0/s1. The van der Waals surface area contributed by atoms with Crippen molar-refractivity contribution < 1.29 is 4.74 Å². The summed E-state index contributed by atoms with van der Waals surface area (Å²) in [5, 5.41) is 0.358. The van der Waals surface area contributed by atoms with Crippen molar-refractivity contribution in [3.8, 4) is 5.75 Å². The van der Waals surface area contributed by atoms with Gasteiger partial charge in [0.2, 0.25) is 5.82 Å². The highest BCUT2D eigenvalue weighted by Gasteiger charge is 2.34. The molecule has 2 aromatic rings. The molecule has 2 heterocycles. The SMILES string of the molecule is CC[C@@H](C1CC1)n1cc(Cl)nc(N2CCc3cc(OC)cc(Br)c32)c1=O. The number of halogens is 2. The molecule has 0 radical (unpaired) electrons.